The van der Waals surface area contributed by atoms with E-state index in [2.05, 4.69) is 20.6 Å². The topological polar surface area (TPSA) is 163 Å². The lowest BCUT2D eigenvalue weighted by molar-refractivity contribution is -0.128. The number of para-hydroxylation sites is 1. The molecule has 11 nitrogen and oxygen atoms in total. The summed E-state index contributed by atoms with van der Waals surface area (Å²) in [5.41, 5.74) is 2.18. The van der Waals surface area contributed by atoms with E-state index in [-0.39, 0.29) is 34.8 Å². The molecule has 0 aliphatic carbocycles. The van der Waals surface area contributed by atoms with E-state index in [1.54, 1.807) is 12.1 Å². The largest absolute Gasteiger partial charge is 0.356 e. The fourth-order valence-corrected chi connectivity index (χ4v) is 5.40. The minimum Gasteiger partial charge on any atom is -0.356 e. The van der Waals surface area contributed by atoms with Crippen molar-refractivity contribution in [2.24, 2.45) is 15.1 Å². The number of unbranched alkanes of at least 4 members (excludes halogenated alkanes) is 1. The summed E-state index contributed by atoms with van der Waals surface area (Å²) in [6.07, 6.45) is 2.26. The van der Waals surface area contributed by atoms with Gasteiger partial charge in [-0.3, -0.25) is 19.4 Å². The van der Waals surface area contributed by atoms with Crippen molar-refractivity contribution in [3.05, 3.63) is 59.7 Å². The first kappa shape index (κ1) is 28.5. The zero-order chi connectivity index (χ0) is 28.0. The van der Waals surface area contributed by atoms with Crippen molar-refractivity contribution in [1.29, 1.82) is 0 Å². The number of hydrogen-bond acceptors (Lipinski definition) is 8. The van der Waals surface area contributed by atoms with Crippen molar-refractivity contribution in [3.8, 4) is 0 Å². The third-order valence-corrected chi connectivity index (χ3v) is 7.97. The number of nitrogens with zero attached hydrogens (tertiary/aromatic N) is 3. The summed E-state index contributed by atoms with van der Waals surface area (Å²) in [7, 11) is -3.75. The Balaban J connectivity index is 1.36. The van der Waals surface area contributed by atoms with Crippen LogP contribution in [-0.2, 0) is 30.8 Å². The molecule has 0 bridgehead atoms. The number of sulfonamides is 1. The number of nitrogens with one attached hydrogen (secondary N) is 2. The molecule has 0 fully saturated rings. The van der Waals surface area contributed by atoms with Gasteiger partial charge in [0, 0.05) is 18.7 Å². The van der Waals surface area contributed by atoms with Crippen molar-refractivity contribution in [2.45, 2.75) is 43.5 Å². The normalized spacial score (nSPS) is 16.2. The Hall–Kier alpha value is -3.55. The molecular formula is C26H30N6O5S2. The molecule has 2 aromatic rings. The highest BCUT2D eigenvalue weighted by Crippen LogP contribution is 2.34. The second-order valence-corrected chi connectivity index (χ2v) is 11.5. The highest BCUT2D eigenvalue weighted by Gasteiger charge is 2.42. The van der Waals surface area contributed by atoms with Crippen LogP contribution in [0.1, 0.15) is 37.3 Å². The molecule has 3 amide bonds. The molecule has 0 saturated carbocycles. The molecule has 206 valence electrons. The third kappa shape index (κ3) is 7.11. The number of amidine groups is 2. The van der Waals surface area contributed by atoms with Crippen LogP contribution < -0.4 is 15.8 Å². The highest BCUT2D eigenvalue weighted by molar-refractivity contribution is 8.14. The van der Waals surface area contributed by atoms with E-state index in [1.165, 1.54) is 17.0 Å². The van der Waals surface area contributed by atoms with Crippen LogP contribution in [0.25, 0.3) is 0 Å². The molecule has 0 radical (unpaired) electrons. The van der Waals surface area contributed by atoms with E-state index < -0.39 is 16.1 Å². The number of benzene rings is 2. The smallest absolute Gasteiger partial charge is 0.259 e. The van der Waals surface area contributed by atoms with Crippen LogP contribution in [0.4, 0.5) is 5.69 Å². The molecule has 0 saturated heterocycles. The predicted octanol–water partition coefficient (Wildman–Crippen LogP) is 1.69. The molecule has 4 rings (SSSR count). The van der Waals surface area contributed by atoms with Gasteiger partial charge in [0.1, 0.15) is 11.9 Å². The molecular weight excluding hydrogens is 540 g/mol. The van der Waals surface area contributed by atoms with Gasteiger partial charge in [0.05, 0.1) is 22.8 Å². The van der Waals surface area contributed by atoms with Gasteiger partial charge in [0.25, 0.3) is 5.91 Å². The summed E-state index contributed by atoms with van der Waals surface area (Å²) in [6.45, 7) is 2.93. The summed E-state index contributed by atoms with van der Waals surface area (Å²) >= 11 is 1.12. The number of nitrogens with two attached hydrogens (primary N) is 1. The number of aliphatic imine (C=N–C) groups is 2. The molecule has 2 aliphatic rings. The van der Waals surface area contributed by atoms with Crippen molar-refractivity contribution in [3.63, 3.8) is 0 Å². The van der Waals surface area contributed by atoms with Crippen molar-refractivity contribution in [1.82, 2.24) is 15.5 Å². The van der Waals surface area contributed by atoms with Crippen LogP contribution in [-0.4, -0.2) is 66.9 Å². The highest BCUT2D eigenvalue weighted by atomic mass is 32.2. The Bertz CT molecular complexity index is 1420. The van der Waals surface area contributed by atoms with Gasteiger partial charge in [0.15, 0.2) is 5.17 Å². The van der Waals surface area contributed by atoms with Gasteiger partial charge in [-0.25, -0.2) is 23.4 Å². The van der Waals surface area contributed by atoms with E-state index in [9.17, 15) is 22.8 Å². The molecule has 2 aliphatic heterocycles. The maximum Gasteiger partial charge on any atom is 0.259 e. The third-order valence-electron chi connectivity index (χ3n) is 6.10. The number of amides is 3. The molecule has 13 heteroatoms. The zero-order valence-corrected chi connectivity index (χ0v) is 23.1. The zero-order valence-electron chi connectivity index (χ0n) is 21.4. The summed E-state index contributed by atoms with van der Waals surface area (Å²) in [4.78, 5) is 48.8. The summed E-state index contributed by atoms with van der Waals surface area (Å²) in [5.74, 6) is -0.378. The number of rotatable bonds is 11. The lowest BCUT2D eigenvalue weighted by Crippen LogP contribution is -2.42. The number of carbonyl (C=O) groups excluding carboxylic acids is 3. The van der Waals surface area contributed by atoms with Gasteiger partial charge in [-0.2, -0.15) is 0 Å². The lowest BCUT2D eigenvalue weighted by Gasteiger charge is -2.25. The molecule has 4 N–H and O–H groups in total. The second-order valence-electron chi connectivity index (χ2n) is 9.04. The first-order chi connectivity index (χ1) is 18.7. The fourth-order valence-electron chi connectivity index (χ4n) is 4.06. The quantitative estimate of drug-likeness (QED) is 0.348. The van der Waals surface area contributed by atoms with Crippen LogP contribution in [0.3, 0.4) is 0 Å². The lowest BCUT2D eigenvalue weighted by atomic mass is 10.1. The maximum atomic E-state index is 13.3. The number of hydrogen-bond donors (Lipinski definition) is 3. The van der Waals surface area contributed by atoms with Gasteiger partial charge < -0.3 is 10.6 Å². The number of carbonyl (C=O) groups is 3. The first-order valence-corrected chi connectivity index (χ1v) is 15.1. The van der Waals surface area contributed by atoms with Crippen molar-refractivity contribution >= 4 is 56.2 Å². The summed E-state index contributed by atoms with van der Waals surface area (Å²) in [6, 6.07) is 12.6. The van der Waals surface area contributed by atoms with Crippen molar-refractivity contribution in [2.75, 3.05) is 18.8 Å². The molecule has 2 heterocycles. The van der Waals surface area contributed by atoms with Crippen LogP contribution in [0.15, 0.2) is 63.4 Å². The van der Waals surface area contributed by atoms with Crippen molar-refractivity contribution < 1.29 is 22.8 Å². The van der Waals surface area contributed by atoms with Gasteiger partial charge >= 0.3 is 0 Å². The predicted molar refractivity (Wildman–Crippen MR) is 150 cm³/mol. The SMILES string of the molecule is CCCCNC(=O)C[C@H]1N=C2c3ccccc3N=C(SCC(=O)NCCc3ccc(S(N)(=O)=O)cc3)N2C1=O. The Morgan fingerprint density at radius 1 is 1.05 bits per heavy atom. The average Bonchev–Trinajstić information content (AvgIpc) is 3.23. The second kappa shape index (κ2) is 12.5. The molecule has 0 aromatic heterocycles. The average molecular weight is 571 g/mol. The van der Waals surface area contributed by atoms with E-state index in [0.29, 0.717) is 41.8 Å². The first-order valence-electron chi connectivity index (χ1n) is 12.5. The number of thioether (sulfide) groups is 1. The summed E-state index contributed by atoms with van der Waals surface area (Å²) in [5, 5.41) is 11.1. The van der Waals surface area contributed by atoms with Gasteiger partial charge in [-0.1, -0.05) is 49.4 Å². The molecule has 1 atom stereocenters. The van der Waals surface area contributed by atoms with Gasteiger partial charge in [-0.15, -0.1) is 0 Å². The van der Waals surface area contributed by atoms with E-state index >= 15 is 0 Å². The molecule has 0 spiro atoms. The number of fused-ring (bicyclic) bond motifs is 3. The van der Waals surface area contributed by atoms with E-state index in [1.807, 2.05) is 31.2 Å². The standard InChI is InChI=1S/C26H30N6O5S2/c1-2-3-13-28-22(33)15-21-25(35)32-24(30-21)19-6-4-5-7-20(19)31-26(32)38-16-23(34)29-14-12-17-8-10-18(11-9-17)39(27,36)37/h4-11,21H,2-3,12-16H2,1H3,(H,28,33)(H,29,34)(H2,27,36,37)/t21-/m1/s1. The Kier molecular flexibility index (Phi) is 9.15. The van der Waals surface area contributed by atoms with E-state index in [4.69, 9.17) is 5.14 Å². The minimum absolute atomic E-state index is 0.0184. The fraction of sp³-hybridized carbons (Fsp3) is 0.346. The summed E-state index contributed by atoms with van der Waals surface area (Å²) < 4.78 is 22.8. The monoisotopic (exact) mass is 570 g/mol. The van der Waals surface area contributed by atoms with E-state index in [0.717, 1.165) is 30.2 Å². The molecule has 39 heavy (non-hydrogen) atoms. The Morgan fingerprint density at radius 3 is 2.49 bits per heavy atom. The maximum absolute atomic E-state index is 13.3. The number of primary sulfonamides is 1. The molecule has 2 aromatic carbocycles. The van der Waals surface area contributed by atoms with Crippen LogP contribution in [0, 0.1) is 0 Å². The Labute approximate surface area is 231 Å². The molecule has 0 unspecified atom stereocenters. The van der Waals surface area contributed by atoms with Crippen LogP contribution in [0.2, 0.25) is 0 Å². The van der Waals surface area contributed by atoms with Crippen LogP contribution in [0.5, 0.6) is 0 Å². The van der Waals surface area contributed by atoms with Gasteiger partial charge in [0.2, 0.25) is 21.8 Å². The Morgan fingerprint density at radius 2 is 1.77 bits per heavy atom. The van der Waals surface area contributed by atoms with Gasteiger partial charge in [-0.05, 0) is 42.7 Å². The minimum atomic E-state index is -3.75. The van der Waals surface area contributed by atoms with Crippen LogP contribution >= 0.6 is 11.8 Å².